The van der Waals surface area contributed by atoms with E-state index in [1.807, 2.05) is 0 Å². The molecule has 156 valence electrons. The number of carbonyl (C=O) groups excluding carboxylic acids is 1. The summed E-state index contributed by atoms with van der Waals surface area (Å²) in [5, 5.41) is 0. The van der Waals surface area contributed by atoms with E-state index in [4.69, 9.17) is 0 Å². The molecule has 0 bridgehead atoms. The smallest absolute Gasteiger partial charge is 0.246 e. The Balaban J connectivity index is 1.55. The van der Waals surface area contributed by atoms with E-state index in [1.54, 1.807) is 4.90 Å². The minimum absolute atomic E-state index is 0.262. The summed E-state index contributed by atoms with van der Waals surface area (Å²) >= 11 is 0. The van der Waals surface area contributed by atoms with Gasteiger partial charge in [-0.2, -0.15) is 4.31 Å². The molecule has 0 spiro atoms. The van der Waals surface area contributed by atoms with Gasteiger partial charge in [-0.15, -0.1) is 0 Å². The molecule has 0 aliphatic carbocycles. The lowest BCUT2D eigenvalue weighted by atomic mass is 10.1. The number of quaternary nitrogens is 1. The van der Waals surface area contributed by atoms with Crippen LogP contribution >= 0.6 is 0 Å². The molecule has 1 aliphatic rings. The number of hydrogen-bond donors (Lipinski definition) is 1. The highest BCUT2D eigenvalue weighted by Crippen LogP contribution is 2.17. The third kappa shape index (κ3) is 5.20. The minimum atomic E-state index is -4.05. The highest BCUT2D eigenvalue weighted by molar-refractivity contribution is 7.89. The fraction of sp³-hybridized carbons (Fsp3) is 0.381. The Bertz CT molecular complexity index is 973. The molecule has 8 heteroatoms. The van der Waals surface area contributed by atoms with Crippen LogP contribution in [0.5, 0.6) is 0 Å². The Morgan fingerprint density at radius 1 is 1.14 bits per heavy atom. The molecule has 0 atom stereocenters. The van der Waals surface area contributed by atoms with Gasteiger partial charge in [-0.1, -0.05) is 42.0 Å². The van der Waals surface area contributed by atoms with Crippen LogP contribution in [0, 0.1) is 12.7 Å². The van der Waals surface area contributed by atoms with E-state index < -0.39 is 20.7 Å². The molecular formula is C21H27FN3O3S+. The van der Waals surface area contributed by atoms with Gasteiger partial charge >= 0.3 is 0 Å². The Morgan fingerprint density at radius 3 is 2.48 bits per heavy atom. The van der Waals surface area contributed by atoms with Crippen LogP contribution in [0.4, 0.5) is 4.39 Å². The van der Waals surface area contributed by atoms with Gasteiger partial charge in [-0.25, -0.2) is 12.8 Å². The molecule has 1 saturated heterocycles. The zero-order chi connectivity index (χ0) is 21.0. The number of nitrogens with zero attached hydrogens (tertiary/aromatic N) is 2. The molecule has 1 N–H and O–H groups in total. The lowest BCUT2D eigenvalue weighted by Crippen LogP contribution is -3.13. The summed E-state index contributed by atoms with van der Waals surface area (Å²) in [5.41, 5.74) is 2.50. The average molecular weight is 421 g/mol. The van der Waals surface area contributed by atoms with E-state index in [-0.39, 0.29) is 12.5 Å². The van der Waals surface area contributed by atoms with Crippen LogP contribution < -0.4 is 4.90 Å². The summed E-state index contributed by atoms with van der Waals surface area (Å²) in [6, 6.07) is 13.6. The Morgan fingerprint density at radius 2 is 1.83 bits per heavy atom. The Kier molecular flexibility index (Phi) is 6.66. The number of carbonyl (C=O) groups is 1. The molecule has 0 aromatic heterocycles. The van der Waals surface area contributed by atoms with Gasteiger partial charge in [0.15, 0.2) is 0 Å². The highest BCUT2D eigenvalue weighted by Gasteiger charge is 2.29. The summed E-state index contributed by atoms with van der Waals surface area (Å²) in [6.07, 6.45) is 0. The van der Waals surface area contributed by atoms with Crippen molar-refractivity contribution in [1.82, 2.24) is 9.21 Å². The molecule has 2 aromatic carbocycles. The fourth-order valence-corrected chi connectivity index (χ4v) is 4.74. The van der Waals surface area contributed by atoms with Gasteiger partial charge in [0.05, 0.1) is 32.7 Å². The van der Waals surface area contributed by atoms with Gasteiger partial charge in [0.2, 0.25) is 15.9 Å². The number of aryl methyl sites for hydroxylation is 1. The van der Waals surface area contributed by atoms with Gasteiger partial charge < -0.3 is 9.80 Å². The maximum Gasteiger partial charge on any atom is 0.246 e. The molecule has 6 nitrogen and oxygen atoms in total. The number of piperazine rings is 1. The molecule has 1 amide bonds. The van der Waals surface area contributed by atoms with Gasteiger partial charge in [0.1, 0.15) is 17.3 Å². The number of benzene rings is 2. The third-order valence-corrected chi connectivity index (χ3v) is 7.08. The maximum absolute atomic E-state index is 13.9. The first-order valence-corrected chi connectivity index (χ1v) is 11.1. The largest absolute Gasteiger partial charge is 0.330 e. The summed E-state index contributed by atoms with van der Waals surface area (Å²) in [6.45, 7) is 5.45. The molecule has 29 heavy (non-hydrogen) atoms. The van der Waals surface area contributed by atoms with Crippen molar-refractivity contribution in [3.8, 4) is 0 Å². The van der Waals surface area contributed by atoms with Crippen LogP contribution in [0.1, 0.15) is 11.1 Å². The minimum Gasteiger partial charge on any atom is -0.330 e. The molecule has 0 saturated carbocycles. The summed E-state index contributed by atoms with van der Waals surface area (Å²) < 4.78 is 39.9. The number of nitrogens with one attached hydrogen (secondary N) is 1. The van der Waals surface area contributed by atoms with Gasteiger partial charge in [-0.3, -0.25) is 4.79 Å². The normalized spacial score (nSPS) is 15.7. The van der Waals surface area contributed by atoms with E-state index in [0.717, 1.165) is 30.0 Å². The molecule has 1 heterocycles. The first kappa shape index (κ1) is 21.4. The Labute approximate surface area is 171 Å². The number of likely N-dealkylation sites (N-methyl/N-ethyl adjacent to an activating group) is 1. The van der Waals surface area contributed by atoms with Crippen LogP contribution in [0.3, 0.4) is 0 Å². The first-order valence-electron chi connectivity index (χ1n) is 9.65. The Hall–Kier alpha value is -2.29. The third-order valence-electron chi connectivity index (χ3n) is 5.24. The van der Waals surface area contributed by atoms with Crippen LogP contribution in [-0.2, 0) is 21.4 Å². The van der Waals surface area contributed by atoms with Crippen molar-refractivity contribution in [3.05, 3.63) is 65.5 Å². The van der Waals surface area contributed by atoms with Crippen molar-refractivity contribution in [2.45, 2.75) is 18.4 Å². The van der Waals surface area contributed by atoms with Crippen LogP contribution in [-0.4, -0.2) is 63.3 Å². The molecule has 0 radical (unpaired) electrons. The van der Waals surface area contributed by atoms with Gasteiger partial charge in [0.25, 0.3) is 0 Å². The zero-order valence-corrected chi connectivity index (χ0v) is 17.6. The summed E-state index contributed by atoms with van der Waals surface area (Å²) in [7, 11) is -2.75. The molecular weight excluding hydrogens is 393 g/mol. The molecule has 3 rings (SSSR count). The van der Waals surface area contributed by atoms with Gasteiger partial charge in [0, 0.05) is 12.6 Å². The zero-order valence-electron chi connectivity index (χ0n) is 16.8. The number of hydrogen-bond acceptors (Lipinski definition) is 3. The van der Waals surface area contributed by atoms with Crippen LogP contribution in [0.25, 0.3) is 0 Å². The quantitative estimate of drug-likeness (QED) is 0.748. The number of amides is 1. The SMILES string of the molecule is Cc1cccc(C[NH+]2CCN(C(=O)CN(C)S(=O)(=O)c3ccccc3F)CC2)c1. The molecule has 1 fully saturated rings. The molecule has 1 aliphatic heterocycles. The van der Waals surface area contributed by atoms with Crippen molar-refractivity contribution in [2.24, 2.45) is 0 Å². The topological polar surface area (TPSA) is 62.1 Å². The van der Waals surface area contributed by atoms with Crippen molar-refractivity contribution < 1.29 is 22.5 Å². The van der Waals surface area contributed by atoms with Crippen LogP contribution in [0.15, 0.2) is 53.4 Å². The van der Waals surface area contributed by atoms with E-state index in [2.05, 4.69) is 31.2 Å². The summed E-state index contributed by atoms with van der Waals surface area (Å²) in [5.74, 6) is -1.08. The molecule has 2 aromatic rings. The fourth-order valence-electron chi connectivity index (χ4n) is 3.56. The average Bonchev–Trinajstić information content (AvgIpc) is 2.68. The second-order valence-corrected chi connectivity index (χ2v) is 9.50. The maximum atomic E-state index is 13.9. The second kappa shape index (κ2) is 9.02. The highest BCUT2D eigenvalue weighted by atomic mass is 32.2. The molecule has 0 unspecified atom stereocenters. The van der Waals surface area contributed by atoms with E-state index in [9.17, 15) is 17.6 Å². The van der Waals surface area contributed by atoms with Crippen molar-refractivity contribution in [1.29, 1.82) is 0 Å². The predicted octanol–water partition coefficient (Wildman–Crippen LogP) is 0.682. The van der Waals surface area contributed by atoms with E-state index in [0.29, 0.717) is 13.1 Å². The first-order chi connectivity index (χ1) is 13.8. The monoisotopic (exact) mass is 420 g/mol. The van der Waals surface area contributed by atoms with Crippen LogP contribution in [0.2, 0.25) is 0 Å². The standard InChI is InChI=1S/C21H26FN3O3S/c1-17-6-5-7-18(14-17)15-24-10-12-25(13-11-24)21(26)16-23(2)29(27,28)20-9-4-3-8-19(20)22/h3-9,14H,10-13,15-16H2,1-2H3/p+1. The number of halogens is 1. The summed E-state index contributed by atoms with van der Waals surface area (Å²) in [4.78, 5) is 15.3. The van der Waals surface area contributed by atoms with Gasteiger partial charge in [-0.05, 0) is 19.1 Å². The van der Waals surface area contributed by atoms with Crippen molar-refractivity contribution in [2.75, 3.05) is 39.8 Å². The van der Waals surface area contributed by atoms with Crippen molar-refractivity contribution in [3.63, 3.8) is 0 Å². The number of rotatable bonds is 6. The van der Waals surface area contributed by atoms with Crippen molar-refractivity contribution >= 4 is 15.9 Å². The lowest BCUT2D eigenvalue weighted by molar-refractivity contribution is -0.917. The van der Waals surface area contributed by atoms with E-state index >= 15 is 0 Å². The number of sulfonamides is 1. The second-order valence-electron chi connectivity index (χ2n) is 7.49. The van der Waals surface area contributed by atoms with E-state index in [1.165, 1.54) is 41.3 Å². The predicted molar refractivity (Wildman–Crippen MR) is 108 cm³/mol. The lowest BCUT2D eigenvalue weighted by Gasteiger charge is -2.33.